The molecule has 0 aliphatic heterocycles. The van der Waals surface area contributed by atoms with Gasteiger partial charge in [0.15, 0.2) is 5.82 Å². The molecule has 0 spiro atoms. The van der Waals surface area contributed by atoms with Gasteiger partial charge in [0.05, 0.1) is 22.3 Å². The van der Waals surface area contributed by atoms with Crippen LogP contribution in [0.3, 0.4) is 0 Å². The highest BCUT2D eigenvalue weighted by Crippen LogP contribution is 2.31. The van der Waals surface area contributed by atoms with Crippen molar-refractivity contribution in [1.82, 2.24) is 14.3 Å². The average Bonchev–Trinajstić information content (AvgIpc) is 3.07. The van der Waals surface area contributed by atoms with Crippen molar-refractivity contribution in [2.75, 3.05) is 25.5 Å². The van der Waals surface area contributed by atoms with Gasteiger partial charge in [0.25, 0.3) is 11.5 Å². The molecule has 9 nitrogen and oxygen atoms in total. The zero-order valence-electron chi connectivity index (χ0n) is 15.4. The van der Waals surface area contributed by atoms with Gasteiger partial charge in [0.2, 0.25) is 0 Å². The Labute approximate surface area is 165 Å². The highest BCUT2D eigenvalue weighted by Gasteiger charge is 2.18. The van der Waals surface area contributed by atoms with E-state index in [1.54, 1.807) is 20.2 Å². The number of benzene rings is 1. The maximum absolute atomic E-state index is 12.9. The Hall–Kier alpha value is -3.24. The number of carbonyl (C=O) groups is 1. The van der Waals surface area contributed by atoms with Crippen molar-refractivity contribution < 1.29 is 9.53 Å². The van der Waals surface area contributed by atoms with Gasteiger partial charge in [-0.2, -0.15) is 4.37 Å². The van der Waals surface area contributed by atoms with Gasteiger partial charge in [-0.3, -0.25) is 9.59 Å². The van der Waals surface area contributed by atoms with E-state index in [0.29, 0.717) is 24.7 Å². The fourth-order valence-electron chi connectivity index (χ4n) is 2.52. The number of aliphatic imine (C=N–C) groups is 1. The van der Waals surface area contributed by atoms with Gasteiger partial charge >= 0.3 is 0 Å². The first-order valence-corrected chi connectivity index (χ1v) is 9.24. The number of nitrogens with zero attached hydrogens (tertiary/aromatic N) is 3. The summed E-state index contributed by atoms with van der Waals surface area (Å²) in [6.45, 7) is 0.904. The average molecular weight is 400 g/mol. The summed E-state index contributed by atoms with van der Waals surface area (Å²) in [5.41, 5.74) is 5.98. The molecular weight excluding hydrogens is 380 g/mol. The number of ether oxygens (including phenoxy) is 1. The van der Waals surface area contributed by atoms with Crippen LogP contribution in [0.15, 0.2) is 40.2 Å². The van der Waals surface area contributed by atoms with E-state index in [1.807, 2.05) is 12.1 Å². The number of fused-ring (bicyclic) bond motifs is 1. The van der Waals surface area contributed by atoms with Crippen LogP contribution in [0, 0.1) is 0 Å². The Morgan fingerprint density at radius 2 is 2.25 bits per heavy atom. The van der Waals surface area contributed by atoms with E-state index >= 15 is 0 Å². The molecule has 3 rings (SSSR count). The molecule has 2 heterocycles. The molecule has 0 saturated heterocycles. The lowest BCUT2D eigenvalue weighted by atomic mass is 10.2. The van der Waals surface area contributed by atoms with Crippen molar-refractivity contribution in [3.8, 4) is 5.75 Å². The number of likely N-dealkylation sites (N-methyl/N-ethyl adjacent to an activating group) is 1. The topological polar surface area (TPSA) is 124 Å². The van der Waals surface area contributed by atoms with E-state index in [9.17, 15) is 9.59 Å². The summed E-state index contributed by atoms with van der Waals surface area (Å²) in [5.74, 6) is 0.216. The zero-order valence-corrected chi connectivity index (χ0v) is 16.2. The fraction of sp³-hybridized carbons (Fsp3) is 0.222. The van der Waals surface area contributed by atoms with Crippen LogP contribution in [-0.4, -0.2) is 41.4 Å². The highest BCUT2D eigenvalue weighted by atomic mass is 32.1. The molecule has 0 aliphatic carbocycles. The smallest absolute Gasteiger partial charge is 0.262 e. The number of aromatic nitrogens is 2. The van der Waals surface area contributed by atoms with E-state index in [4.69, 9.17) is 10.5 Å². The normalized spacial score (nSPS) is 11.2. The molecule has 4 N–H and O–H groups in total. The Bertz CT molecular complexity index is 1090. The Morgan fingerprint density at radius 3 is 3.00 bits per heavy atom. The molecule has 10 heteroatoms. The Kier molecular flexibility index (Phi) is 6.02. The molecule has 1 aromatic carbocycles. The van der Waals surface area contributed by atoms with Crippen LogP contribution in [0.2, 0.25) is 0 Å². The van der Waals surface area contributed by atoms with Crippen molar-refractivity contribution in [1.29, 1.82) is 0 Å². The number of rotatable bonds is 7. The molecule has 0 aliphatic rings. The maximum atomic E-state index is 12.9. The predicted octanol–water partition coefficient (Wildman–Crippen LogP) is 1.46. The van der Waals surface area contributed by atoms with Gasteiger partial charge in [-0.25, -0.2) is 4.99 Å². The second-order valence-electron chi connectivity index (χ2n) is 5.90. The SMILES string of the molecule is CNCCOc1cc(=O)n(C)cc1C(=O)Nc1nsc2ccc(N=CN)cc12. The van der Waals surface area contributed by atoms with Crippen LogP contribution in [0.1, 0.15) is 10.4 Å². The standard InChI is InChI=1S/C18H20N6O3S/c1-20-5-6-27-14-8-16(25)24(2)9-13(14)18(26)22-17-12-7-11(21-10-19)3-4-15(12)28-23-17/h3-4,7-10,20H,5-6H2,1-2H3,(H2,19,21)(H,22,23,26). The molecule has 2 aromatic heterocycles. The van der Waals surface area contributed by atoms with E-state index in [2.05, 4.69) is 20.0 Å². The van der Waals surface area contributed by atoms with E-state index in [0.717, 1.165) is 10.1 Å². The second kappa shape index (κ2) is 8.63. The molecule has 0 saturated carbocycles. The third kappa shape index (κ3) is 4.18. The first-order valence-electron chi connectivity index (χ1n) is 8.46. The van der Waals surface area contributed by atoms with Crippen LogP contribution < -0.4 is 26.7 Å². The number of hydrogen-bond donors (Lipinski definition) is 3. The number of aryl methyl sites for hydroxylation is 1. The lowest BCUT2D eigenvalue weighted by molar-refractivity contribution is 0.102. The molecular formula is C18H20N6O3S. The molecule has 0 radical (unpaired) electrons. The number of nitrogens with two attached hydrogens (primary N) is 1. The first-order chi connectivity index (χ1) is 13.5. The molecule has 1 amide bonds. The summed E-state index contributed by atoms with van der Waals surface area (Å²) in [7, 11) is 3.36. The largest absolute Gasteiger partial charge is 0.491 e. The zero-order chi connectivity index (χ0) is 20.1. The number of pyridine rings is 1. The van der Waals surface area contributed by atoms with Gasteiger partial charge in [-0.05, 0) is 36.8 Å². The summed E-state index contributed by atoms with van der Waals surface area (Å²) in [4.78, 5) is 28.9. The van der Waals surface area contributed by atoms with Gasteiger partial charge in [-0.15, -0.1) is 0 Å². The predicted molar refractivity (Wildman–Crippen MR) is 111 cm³/mol. The minimum Gasteiger partial charge on any atom is -0.491 e. The number of nitrogens with one attached hydrogen (secondary N) is 2. The van der Waals surface area contributed by atoms with Crippen LogP contribution in [0.5, 0.6) is 5.75 Å². The van der Waals surface area contributed by atoms with Crippen LogP contribution >= 0.6 is 11.5 Å². The molecule has 28 heavy (non-hydrogen) atoms. The lowest BCUT2D eigenvalue weighted by Gasteiger charge is -2.12. The summed E-state index contributed by atoms with van der Waals surface area (Å²) in [6.07, 6.45) is 2.66. The monoisotopic (exact) mass is 400 g/mol. The van der Waals surface area contributed by atoms with Crippen molar-refractivity contribution in [3.63, 3.8) is 0 Å². The third-order valence-electron chi connectivity index (χ3n) is 3.95. The van der Waals surface area contributed by atoms with Gasteiger partial charge in [0, 0.05) is 31.2 Å². The van der Waals surface area contributed by atoms with Crippen LogP contribution in [-0.2, 0) is 7.05 Å². The Balaban J connectivity index is 1.92. The summed E-state index contributed by atoms with van der Waals surface area (Å²) < 4.78 is 12.1. The maximum Gasteiger partial charge on any atom is 0.262 e. The quantitative estimate of drug-likeness (QED) is 0.313. The molecule has 146 valence electrons. The molecule has 3 aromatic rings. The van der Waals surface area contributed by atoms with Gasteiger partial charge in [0.1, 0.15) is 12.4 Å². The molecule has 0 bridgehead atoms. The van der Waals surface area contributed by atoms with E-state index in [1.165, 1.54) is 34.7 Å². The fourth-order valence-corrected chi connectivity index (χ4v) is 3.24. The van der Waals surface area contributed by atoms with E-state index in [-0.39, 0.29) is 16.9 Å². The molecule has 0 atom stereocenters. The summed E-state index contributed by atoms with van der Waals surface area (Å²) in [6, 6.07) is 6.78. The number of amides is 1. The van der Waals surface area contributed by atoms with E-state index < -0.39 is 5.91 Å². The summed E-state index contributed by atoms with van der Waals surface area (Å²) >= 11 is 1.26. The van der Waals surface area contributed by atoms with Crippen molar-refractivity contribution >= 4 is 45.4 Å². The Morgan fingerprint density at radius 1 is 1.43 bits per heavy atom. The van der Waals surface area contributed by atoms with Crippen molar-refractivity contribution in [2.45, 2.75) is 0 Å². The molecule has 0 unspecified atom stereocenters. The van der Waals surface area contributed by atoms with Crippen LogP contribution in [0.25, 0.3) is 10.1 Å². The number of carbonyl (C=O) groups excluding carboxylic acids is 1. The minimum absolute atomic E-state index is 0.226. The lowest BCUT2D eigenvalue weighted by Crippen LogP contribution is -2.23. The number of anilines is 1. The van der Waals surface area contributed by atoms with Gasteiger partial charge < -0.3 is 25.7 Å². The third-order valence-corrected chi connectivity index (χ3v) is 4.78. The number of hydrogen-bond acceptors (Lipinski definition) is 7. The molecule has 0 fully saturated rings. The van der Waals surface area contributed by atoms with Crippen molar-refractivity contribution in [2.24, 2.45) is 17.8 Å². The van der Waals surface area contributed by atoms with Crippen molar-refractivity contribution in [3.05, 3.63) is 46.4 Å². The first kappa shape index (κ1) is 19.5. The van der Waals surface area contributed by atoms with Gasteiger partial charge in [-0.1, -0.05) is 0 Å². The summed E-state index contributed by atoms with van der Waals surface area (Å²) in [5, 5.41) is 6.49. The minimum atomic E-state index is -0.421. The highest BCUT2D eigenvalue weighted by molar-refractivity contribution is 7.13. The second-order valence-corrected chi connectivity index (χ2v) is 6.70. The van der Waals surface area contributed by atoms with Crippen LogP contribution in [0.4, 0.5) is 11.5 Å².